The highest BCUT2D eigenvalue weighted by atomic mass is 16.5. The average Bonchev–Trinajstić information content (AvgIpc) is 2.95. The molecule has 0 aromatic heterocycles. The van der Waals surface area contributed by atoms with Gasteiger partial charge in [0.15, 0.2) is 0 Å². The van der Waals surface area contributed by atoms with E-state index in [0.717, 1.165) is 19.3 Å². The molecule has 1 atom stereocenters. The number of ether oxygens (including phenoxy) is 1. The van der Waals surface area contributed by atoms with E-state index < -0.39 is 0 Å². The van der Waals surface area contributed by atoms with Crippen LogP contribution in [0.2, 0.25) is 0 Å². The van der Waals surface area contributed by atoms with Gasteiger partial charge >= 0.3 is 5.97 Å². The number of hydrogen-bond acceptors (Lipinski definition) is 3. The summed E-state index contributed by atoms with van der Waals surface area (Å²) in [6.07, 6.45) is 9.92. The summed E-state index contributed by atoms with van der Waals surface area (Å²) < 4.78 is 4.73. The van der Waals surface area contributed by atoms with E-state index in [9.17, 15) is 9.59 Å². The number of methoxy groups -OCH3 is 1. The summed E-state index contributed by atoms with van der Waals surface area (Å²) in [5.74, 6) is -0.0980. The molecule has 1 fully saturated rings. The van der Waals surface area contributed by atoms with E-state index in [1.165, 1.54) is 39.2 Å². The molecule has 0 saturated carbocycles. The second kappa shape index (κ2) is 9.78. The molecule has 1 heterocycles. The van der Waals surface area contributed by atoms with Gasteiger partial charge in [0.1, 0.15) is 0 Å². The Hall–Kier alpha value is -1.06. The average molecular weight is 283 g/mol. The summed E-state index contributed by atoms with van der Waals surface area (Å²) in [6.45, 7) is 3.47. The molecule has 0 radical (unpaired) electrons. The Bertz CT molecular complexity index is 304. The molecular formula is C16H29NO3. The van der Waals surface area contributed by atoms with Crippen molar-refractivity contribution in [2.75, 3.05) is 20.2 Å². The lowest BCUT2D eigenvalue weighted by molar-refractivity contribution is -0.145. The number of amides is 1. The van der Waals surface area contributed by atoms with Crippen LogP contribution >= 0.6 is 0 Å². The Morgan fingerprint density at radius 3 is 2.40 bits per heavy atom. The topological polar surface area (TPSA) is 46.6 Å². The molecule has 0 aliphatic carbocycles. The quantitative estimate of drug-likeness (QED) is 0.482. The Morgan fingerprint density at radius 1 is 1.10 bits per heavy atom. The number of rotatable bonds is 9. The van der Waals surface area contributed by atoms with Crippen LogP contribution in [-0.4, -0.2) is 37.0 Å². The molecule has 1 aliphatic rings. The number of esters is 1. The molecule has 0 N–H and O–H groups in total. The van der Waals surface area contributed by atoms with Crippen LogP contribution < -0.4 is 0 Å². The van der Waals surface area contributed by atoms with Crippen LogP contribution in [0.5, 0.6) is 0 Å². The lowest BCUT2D eigenvalue weighted by Crippen LogP contribution is -2.29. The van der Waals surface area contributed by atoms with E-state index in [4.69, 9.17) is 4.74 Å². The monoisotopic (exact) mass is 283 g/mol. The van der Waals surface area contributed by atoms with Gasteiger partial charge in [0.25, 0.3) is 0 Å². The molecule has 1 rings (SSSR count). The van der Waals surface area contributed by atoms with E-state index in [0.29, 0.717) is 19.5 Å². The number of carbonyl (C=O) groups is 2. The molecule has 0 spiro atoms. The van der Waals surface area contributed by atoms with Gasteiger partial charge in [-0.25, -0.2) is 0 Å². The van der Waals surface area contributed by atoms with Crippen molar-refractivity contribution in [2.24, 2.45) is 5.92 Å². The van der Waals surface area contributed by atoms with Crippen LogP contribution in [-0.2, 0) is 14.3 Å². The highest BCUT2D eigenvalue weighted by Crippen LogP contribution is 2.19. The summed E-state index contributed by atoms with van der Waals surface area (Å²) in [4.78, 5) is 25.2. The van der Waals surface area contributed by atoms with Crippen molar-refractivity contribution in [1.29, 1.82) is 0 Å². The van der Waals surface area contributed by atoms with E-state index in [1.54, 1.807) is 0 Å². The van der Waals surface area contributed by atoms with Crippen LogP contribution in [0.4, 0.5) is 0 Å². The number of likely N-dealkylation sites (tertiary alicyclic amines) is 1. The number of hydrogen-bond donors (Lipinski definition) is 0. The SMILES string of the molecule is CCCCCCCCCC(=O)N1CCC(C(=O)OC)C1. The zero-order chi connectivity index (χ0) is 14.8. The first-order valence-corrected chi connectivity index (χ1v) is 8.04. The van der Waals surface area contributed by atoms with Gasteiger partial charge < -0.3 is 9.64 Å². The van der Waals surface area contributed by atoms with Crippen LogP contribution in [0, 0.1) is 5.92 Å². The van der Waals surface area contributed by atoms with Gasteiger partial charge in [-0.05, 0) is 12.8 Å². The van der Waals surface area contributed by atoms with Gasteiger partial charge in [-0.2, -0.15) is 0 Å². The highest BCUT2D eigenvalue weighted by molar-refractivity contribution is 5.79. The van der Waals surface area contributed by atoms with E-state index >= 15 is 0 Å². The minimum atomic E-state index is -0.184. The van der Waals surface area contributed by atoms with E-state index in [2.05, 4.69) is 6.92 Å². The van der Waals surface area contributed by atoms with Crippen molar-refractivity contribution in [3.8, 4) is 0 Å². The maximum Gasteiger partial charge on any atom is 0.310 e. The third-order valence-corrected chi connectivity index (χ3v) is 4.07. The predicted molar refractivity (Wildman–Crippen MR) is 79.3 cm³/mol. The fourth-order valence-electron chi connectivity index (χ4n) is 2.74. The summed E-state index contributed by atoms with van der Waals surface area (Å²) in [7, 11) is 1.41. The molecule has 1 unspecified atom stereocenters. The fourth-order valence-corrected chi connectivity index (χ4v) is 2.74. The van der Waals surface area contributed by atoms with Gasteiger partial charge in [0.05, 0.1) is 13.0 Å². The normalized spacial score (nSPS) is 18.3. The second-order valence-electron chi connectivity index (χ2n) is 5.72. The number of unbranched alkanes of at least 4 members (excludes halogenated alkanes) is 6. The standard InChI is InChI=1S/C16H29NO3/c1-3-4-5-6-7-8-9-10-15(18)17-12-11-14(13-17)16(19)20-2/h14H,3-13H2,1-2H3. The lowest BCUT2D eigenvalue weighted by atomic mass is 10.1. The first-order valence-electron chi connectivity index (χ1n) is 8.04. The van der Waals surface area contributed by atoms with Gasteiger partial charge in [-0.1, -0.05) is 45.4 Å². The minimum absolute atomic E-state index is 0.113. The number of carbonyl (C=O) groups excluding carboxylic acids is 2. The molecule has 1 amide bonds. The van der Waals surface area contributed by atoms with Gasteiger partial charge in [0, 0.05) is 19.5 Å². The molecule has 4 nitrogen and oxygen atoms in total. The molecule has 1 aliphatic heterocycles. The second-order valence-corrected chi connectivity index (χ2v) is 5.72. The van der Waals surface area contributed by atoms with E-state index in [-0.39, 0.29) is 17.8 Å². The van der Waals surface area contributed by atoms with Crippen molar-refractivity contribution in [1.82, 2.24) is 4.90 Å². The molecule has 0 aromatic carbocycles. The van der Waals surface area contributed by atoms with Crippen molar-refractivity contribution in [3.63, 3.8) is 0 Å². The van der Waals surface area contributed by atoms with Crippen LogP contribution in [0.25, 0.3) is 0 Å². The molecule has 1 saturated heterocycles. The molecular weight excluding hydrogens is 254 g/mol. The van der Waals surface area contributed by atoms with Crippen molar-refractivity contribution >= 4 is 11.9 Å². The maximum atomic E-state index is 12.0. The first-order chi connectivity index (χ1) is 9.69. The maximum absolute atomic E-state index is 12.0. The molecule has 4 heteroatoms. The van der Waals surface area contributed by atoms with Crippen molar-refractivity contribution in [2.45, 2.75) is 64.7 Å². The Labute approximate surface area is 122 Å². The molecule has 0 bridgehead atoms. The summed E-state index contributed by atoms with van der Waals surface area (Å²) in [5, 5.41) is 0. The summed E-state index contributed by atoms with van der Waals surface area (Å²) in [5.41, 5.74) is 0. The van der Waals surface area contributed by atoms with Crippen molar-refractivity contribution < 1.29 is 14.3 Å². The molecule has 0 aromatic rings. The lowest BCUT2D eigenvalue weighted by Gasteiger charge is -2.15. The first kappa shape index (κ1) is 17.0. The number of nitrogens with zero attached hydrogens (tertiary/aromatic N) is 1. The molecule has 20 heavy (non-hydrogen) atoms. The van der Waals surface area contributed by atoms with Crippen LogP contribution in [0.1, 0.15) is 64.7 Å². The summed E-state index contributed by atoms with van der Waals surface area (Å²) >= 11 is 0. The van der Waals surface area contributed by atoms with E-state index in [1.807, 2.05) is 4.90 Å². The fraction of sp³-hybridized carbons (Fsp3) is 0.875. The Morgan fingerprint density at radius 2 is 1.75 bits per heavy atom. The predicted octanol–water partition coefficient (Wildman–Crippen LogP) is 3.15. The molecule has 116 valence electrons. The van der Waals surface area contributed by atoms with Crippen molar-refractivity contribution in [3.05, 3.63) is 0 Å². The van der Waals surface area contributed by atoms with Gasteiger partial charge in [0.2, 0.25) is 5.91 Å². The Balaban J connectivity index is 2.07. The van der Waals surface area contributed by atoms with Gasteiger partial charge in [-0.3, -0.25) is 9.59 Å². The minimum Gasteiger partial charge on any atom is -0.469 e. The highest BCUT2D eigenvalue weighted by Gasteiger charge is 2.31. The zero-order valence-corrected chi connectivity index (χ0v) is 13.0. The summed E-state index contributed by atoms with van der Waals surface area (Å²) in [6, 6.07) is 0. The third-order valence-electron chi connectivity index (χ3n) is 4.07. The van der Waals surface area contributed by atoms with Gasteiger partial charge in [-0.15, -0.1) is 0 Å². The smallest absolute Gasteiger partial charge is 0.310 e. The Kier molecular flexibility index (Phi) is 8.31. The van der Waals surface area contributed by atoms with Crippen LogP contribution in [0.3, 0.4) is 0 Å². The largest absolute Gasteiger partial charge is 0.469 e. The van der Waals surface area contributed by atoms with Crippen LogP contribution in [0.15, 0.2) is 0 Å². The third kappa shape index (κ3) is 5.93. The zero-order valence-electron chi connectivity index (χ0n) is 13.0.